The molecule has 3 rings (SSSR count). The monoisotopic (exact) mass is 395 g/mol. The van der Waals surface area contributed by atoms with E-state index in [2.05, 4.69) is 42.0 Å². The zero-order valence-corrected chi connectivity index (χ0v) is 16.5. The number of hydrogen-bond donors (Lipinski definition) is 0. The van der Waals surface area contributed by atoms with Gasteiger partial charge in [0.1, 0.15) is 11.4 Å². The van der Waals surface area contributed by atoms with E-state index in [0.717, 1.165) is 12.0 Å². The number of pyridine rings is 1. The molecule has 3 aromatic rings. The van der Waals surface area contributed by atoms with Crippen LogP contribution < -0.4 is 4.74 Å². The second kappa shape index (κ2) is 9.49. The van der Waals surface area contributed by atoms with Crippen molar-refractivity contribution in [3.8, 4) is 5.75 Å². The summed E-state index contributed by atoms with van der Waals surface area (Å²) in [5.41, 5.74) is 1.38. The van der Waals surface area contributed by atoms with E-state index in [9.17, 15) is 0 Å². The van der Waals surface area contributed by atoms with Crippen molar-refractivity contribution < 1.29 is 13.8 Å². The second-order valence-corrected chi connectivity index (χ2v) is 5.96. The van der Waals surface area contributed by atoms with E-state index >= 15 is 0 Å². The number of nitrogens with zero attached hydrogens (tertiary/aromatic N) is 7. The molecule has 0 radical (unpaired) electrons. The third kappa shape index (κ3) is 5.41. The van der Waals surface area contributed by atoms with E-state index in [1.807, 2.05) is 13.0 Å². The Kier molecular flexibility index (Phi) is 6.56. The number of ether oxygens (including phenoxy) is 1. The molecular weight excluding hydrogens is 374 g/mol. The molecule has 0 bridgehead atoms. The summed E-state index contributed by atoms with van der Waals surface area (Å²) in [6.07, 6.45) is 7.05. The van der Waals surface area contributed by atoms with Crippen molar-refractivity contribution in [2.45, 2.75) is 40.0 Å². The third-order valence-corrected chi connectivity index (χ3v) is 3.80. The second-order valence-electron chi connectivity index (χ2n) is 5.96. The zero-order valence-electron chi connectivity index (χ0n) is 16.5. The predicted molar refractivity (Wildman–Crippen MR) is 106 cm³/mol. The largest absolute Gasteiger partial charge is 0.423 e. The first kappa shape index (κ1) is 20.1. The van der Waals surface area contributed by atoms with Crippen LogP contribution >= 0.6 is 0 Å². The Hall–Kier alpha value is -3.69. The molecule has 0 aromatic carbocycles. The molecule has 150 valence electrons. The number of aryl methyl sites for hydroxylation is 4. The molecule has 0 fully saturated rings. The molecule has 10 nitrogen and oxygen atoms in total. The lowest BCUT2D eigenvalue weighted by Gasteiger charge is -2.06. The number of aromatic nitrogens is 5. The van der Waals surface area contributed by atoms with Gasteiger partial charge >= 0.3 is 6.02 Å². The van der Waals surface area contributed by atoms with Crippen molar-refractivity contribution in [3.05, 3.63) is 53.5 Å². The smallest absolute Gasteiger partial charge is 0.322 e. The molecule has 0 saturated carbocycles. The fourth-order valence-electron chi connectivity index (χ4n) is 2.38. The Labute approximate surface area is 167 Å². The van der Waals surface area contributed by atoms with Crippen molar-refractivity contribution in [3.63, 3.8) is 0 Å². The van der Waals surface area contributed by atoms with Crippen molar-refractivity contribution in [1.29, 1.82) is 0 Å². The molecule has 0 N–H and O–H groups in total. The highest BCUT2D eigenvalue weighted by Gasteiger charge is 2.11. The average molecular weight is 395 g/mol. The molecule has 0 unspecified atom stereocenters. The van der Waals surface area contributed by atoms with E-state index in [-0.39, 0.29) is 11.9 Å². The predicted octanol–water partition coefficient (Wildman–Crippen LogP) is 3.00. The van der Waals surface area contributed by atoms with Crippen LogP contribution in [-0.2, 0) is 19.3 Å². The standard InChI is InChI=1S/C19H21N7O3/c1-5-15(18-22-12(3)25-29-18)23-19(20-4)27-14-9-13(10-21-11-14)7-8-17-24-16(6-2)26-28-17/h5,9-11H,4,6-8H2,1-3H3/b15-5-,23-19+. The van der Waals surface area contributed by atoms with Crippen LogP contribution in [0.5, 0.6) is 5.75 Å². The summed E-state index contributed by atoms with van der Waals surface area (Å²) in [5, 5.41) is 7.65. The van der Waals surface area contributed by atoms with Crippen molar-refractivity contribution in [2.24, 2.45) is 9.98 Å². The molecule has 0 atom stereocenters. The Morgan fingerprint density at radius 2 is 2.07 bits per heavy atom. The van der Waals surface area contributed by atoms with E-state index < -0.39 is 0 Å². The topological polar surface area (TPSA) is 125 Å². The minimum atomic E-state index is 0.0393. The number of amidine groups is 1. The lowest BCUT2D eigenvalue weighted by Crippen LogP contribution is -2.06. The van der Waals surface area contributed by atoms with Crippen LogP contribution in [0.25, 0.3) is 5.70 Å². The summed E-state index contributed by atoms with van der Waals surface area (Å²) in [4.78, 5) is 20.8. The van der Waals surface area contributed by atoms with E-state index in [1.54, 1.807) is 32.3 Å². The minimum absolute atomic E-state index is 0.0393. The van der Waals surface area contributed by atoms with Crippen molar-refractivity contribution in [1.82, 2.24) is 25.3 Å². The van der Waals surface area contributed by atoms with Gasteiger partial charge in [-0.05, 0) is 38.6 Å². The van der Waals surface area contributed by atoms with Crippen molar-refractivity contribution >= 4 is 18.4 Å². The van der Waals surface area contributed by atoms with Gasteiger partial charge in [0.05, 0.1) is 6.20 Å². The first-order chi connectivity index (χ1) is 14.1. The SMILES string of the molecule is C=N/C(=N\C(=C/C)c1nc(C)no1)Oc1cncc(CCc2nc(CC)no2)c1. The number of rotatable bonds is 7. The van der Waals surface area contributed by atoms with Gasteiger partial charge in [0.15, 0.2) is 11.6 Å². The molecule has 0 aliphatic heterocycles. The summed E-state index contributed by atoms with van der Waals surface area (Å²) >= 11 is 0. The highest BCUT2D eigenvalue weighted by Crippen LogP contribution is 2.17. The molecule has 29 heavy (non-hydrogen) atoms. The number of allylic oxidation sites excluding steroid dienone is 1. The van der Waals surface area contributed by atoms with E-state index in [1.165, 1.54) is 0 Å². The first-order valence-corrected chi connectivity index (χ1v) is 9.07. The molecule has 0 spiro atoms. The van der Waals surface area contributed by atoms with Gasteiger partial charge in [-0.15, -0.1) is 0 Å². The average Bonchev–Trinajstić information content (AvgIpc) is 3.38. The van der Waals surface area contributed by atoms with Crippen LogP contribution in [0.4, 0.5) is 0 Å². The van der Waals surface area contributed by atoms with Gasteiger partial charge in [-0.25, -0.2) is 4.99 Å². The van der Waals surface area contributed by atoms with Crippen LogP contribution in [0.15, 0.2) is 43.6 Å². The van der Waals surface area contributed by atoms with Crippen molar-refractivity contribution in [2.75, 3.05) is 0 Å². The van der Waals surface area contributed by atoms with Crippen LogP contribution in [0.3, 0.4) is 0 Å². The Balaban J connectivity index is 1.69. The molecule has 3 aromatic heterocycles. The molecule has 0 amide bonds. The quantitative estimate of drug-likeness (QED) is 0.441. The summed E-state index contributed by atoms with van der Waals surface area (Å²) in [5.74, 6) is 2.55. The van der Waals surface area contributed by atoms with Crippen LogP contribution in [-0.4, -0.2) is 38.0 Å². The van der Waals surface area contributed by atoms with Crippen LogP contribution in [0, 0.1) is 6.92 Å². The number of aliphatic imine (C=N–C) groups is 2. The fourth-order valence-corrected chi connectivity index (χ4v) is 2.38. The molecular formula is C19H21N7O3. The maximum absolute atomic E-state index is 5.71. The summed E-state index contributed by atoms with van der Waals surface area (Å²) < 4.78 is 16.1. The Bertz CT molecular complexity index is 1040. The van der Waals surface area contributed by atoms with E-state index in [4.69, 9.17) is 13.8 Å². The minimum Gasteiger partial charge on any atom is -0.423 e. The summed E-state index contributed by atoms with van der Waals surface area (Å²) in [7, 11) is 0. The normalized spacial score (nSPS) is 12.2. The molecule has 3 heterocycles. The third-order valence-electron chi connectivity index (χ3n) is 3.80. The summed E-state index contributed by atoms with van der Waals surface area (Å²) in [6.45, 7) is 9.00. The lowest BCUT2D eigenvalue weighted by molar-refractivity contribution is 0.373. The van der Waals surface area contributed by atoms with E-state index in [0.29, 0.717) is 41.8 Å². The maximum Gasteiger partial charge on any atom is 0.322 e. The lowest BCUT2D eigenvalue weighted by atomic mass is 10.1. The van der Waals surface area contributed by atoms with Gasteiger partial charge in [0.25, 0.3) is 5.89 Å². The maximum atomic E-state index is 5.71. The molecule has 0 aliphatic carbocycles. The van der Waals surface area contributed by atoms with Gasteiger partial charge in [-0.2, -0.15) is 15.0 Å². The molecule has 10 heteroatoms. The highest BCUT2D eigenvalue weighted by molar-refractivity contribution is 5.85. The van der Waals surface area contributed by atoms with Gasteiger partial charge in [-0.3, -0.25) is 4.98 Å². The molecule has 0 saturated heterocycles. The van der Waals surface area contributed by atoms with Gasteiger partial charge in [-0.1, -0.05) is 23.3 Å². The number of hydrogen-bond acceptors (Lipinski definition) is 9. The Morgan fingerprint density at radius 3 is 2.72 bits per heavy atom. The molecule has 0 aliphatic rings. The van der Waals surface area contributed by atoms with Crippen LogP contribution in [0.2, 0.25) is 0 Å². The van der Waals surface area contributed by atoms with Gasteiger partial charge in [0, 0.05) is 19.0 Å². The van der Waals surface area contributed by atoms with Gasteiger partial charge in [0.2, 0.25) is 5.89 Å². The zero-order chi connectivity index (χ0) is 20.6. The first-order valence-electron chi connectivity index (χ1n) is 9.07. The highest BCUT2D eigenvalue weighted by atomic mass is 16.5. The Morgan fingerprint density at radius 1 is 1.21 bits per heavy atom. The fraction of sp³-hybridized carbons (Fsp3) is 0.316. The van der Waals surface area contributed by atoms with Crippen LogP contribution in [0.1, 0.15) is 42.8 Å². The van der Waals surface area contributed by atoms with Gasteiger partial charge < -0.3 is 13.8 Å². The summed E-state index contributed by atoms with van der Waals surface area (Å²) in [6, 6.07) is 1.88.